The molecule has 0 bridgehead atoms. The number of carbonyl (C=O) groups is 1. The second-order valence-corrected chi connectivity index (χ2v) is 33.0. The summed E-state index contributed by atoms with van der Waals surface area (Å²) in [4.78, 5) is 10.9. The van der Waals surface area contributed by atoms with Crippen molar-refractivity contribution in [1.82, 2.24) is 0 Å². The van der Waals surface area contributed by atoms with Gasteiger partial charge in [0.1, 0.15) is 18.8 Å². The van der Waals surface area contributed by atoms with E-state index in [1.54, 1.807) is 0 Å². The number of esters is 1. The molecule has 4 atom stereocenters. The highest BCUT2D eigenvalue weighted by atomic mass is 28.5. The number of hydrogen-bond donors (Lipinski definition) is 3. The van der Waals surface area contributed by atoms with E-state index in [9.17, 15) is 15.0 Å². The predicted octanol–water partition coefficient (Wildman–Crippen LogP) is 3.66. The minimum Gasteiger partial charge on any atom is -0.463 e. The van der Waals surface area contributed by atoms with Gasteiger partial charge >= 0.3 is 31.7 Å². The summed E-state index contributed by atoms with van der Waals surface area (Å²) in [5.74, 6) is -0.438. The summed E-state index contributed by atoms with van der Waals surface area (Å²) in [7, 11) is -11.9. The molecule has 0 aliphatic heterocycles. The second-order valence-electron chi connectivity index (χ2n) is 13.0. The number of carbonyl (C=O) groups excluding carboxylic acids is 1. The van der Waals surface area contributed by atoms with Gasteiger partial charge in [-0.05, 0) is 90.4 Å². The van der Waals surface area contributed by atoms with Gasteiger partial charge in [-0.15, -0.1) is 0 Å². The summed E-state index contributed by atoms with van der Waals surface area (Å²) in [5, 5.41) is 28.5. The molecule has 0 heterocycles. The van der Waals surface area contributed by atoms with Gasteiger partial charge in [0.05, 0.1) is 19.8 Å². The van der Waals surface area contributed by atoms with Crippen molar-refractivity contribution in [2.45, 2.75) is 110 Å². The highest BCUT2D eigenvalue weighted by Gasteiger charge is 2.48. The van der Waals surface area contributed by atoms with Gasteiger partial charge in [-0.25, -0.2) is 0 Å². The molecule has 0 aromatic rings. The smallest absolute Gasteiger partial charge is 0.317 e. The van der Waals surface area contributed by atoms with Gasteiger partial charge in [-0.2, -0.15) is 0 Å². The first kappa shape index (κ1) is 40.2. The number of rotatable bonds is 23. The largest absolute Gasteiger partial charge is 0.463 e. The summed E-state index contributed by atoms with van der Waals surface area (Å²) < 4.78 is 43.1. The van der Waals surface area contributed by atoms with Gasteiger partial charge in [0.15, 0.2) is 16.6 Å². The summed E-state index contributed by atoms with van der Waals surface area (Å²) in [6.07, 6.45) is -0.394. The van der Waals surface area contributed by atoms with Crippen LogP contribution < -0.4 is 0 Å². The van der Waals surface area contributed by atoms with Gasteiger partial charge < -0.3 is 46.0 Å². The van der Waals surface area contributed by atoms with E-state index >= 15 is 0 Å². The number of aliphatic hydroxyl groups excluding tert-OH is 3. The minimum absolute atomic E-state index is 0.0790. The first-order chi connectivity index (χ1) is 18.1. The average Bonchev–Trinajstić information content (AvgIpc) is 2.73. The zero-order chi connectivity index (χ0) is 31.3. The van der Waals surface area contributed by atoms with Crippen LogP contribution in [0.15, 0.2) is 0 Å². The normalized spacial score (nSPS) is 17.6. The van der Waals surface area contributed by atoms with Crippen LogP contribution in [0.1, 0.15) is 19.8 Å². The first-order valence-electron chi connectivity index (χ1n) is 14.2. The van der Waals surface area contributed by atoms with E-state index in [0.717, 1.165) is 0 Å². The number of ether oxygens (including phenoxy) is 3. The maximum atomic E-state index is 10.9. The molecular weight excluding hydrogens is 605 g/mol. The maximum absolute atomic E-state index is 10.9. The summed E-state index contributed by atoms with van der Waals surface area (Å²) in [6.45, 7) is 23.1. The fourth-order valence-electron chi connectivity index (χ4n) is 4.37. The molecule has 11 nitrogen and oxygen atoms in total. The van der Waals surface area contributed by atoms with Crippen molar-refractivity contribution in [2.24, 2.45) is 0 Å². The number of hydrogen-bond acceptors (Lipinski definition) is 11. The Morgan fingerprint density at radius 2 is 1.10 bits per heavy atom. The molecule has 0 aromatic heterocycles. The molecule has 0 saturated heterocycles. The summed E-state index contributed by atoms with van der Waals surface area (Å²) in [6, 6.07) is 1.36. The van der Waals surface area contributed by atoms with Crippen LogP contribution >= 0.6 is 0 Å². The molecule has 0 aliphatic carbocycles. The molecular formula is C24H58O11Si5. The average molecular weight is 663 g/mol. The van der Waals surface area contributed by atoms with Gasteiger partial charge in [-0.1, -0.05) is 0 Å². The second kappa shape index (κ2) is 18.1. The highest BCUT2D eigenvalue weighted by Crippen LogP contribution is 2.31. The van der Waals surface area contributed by atoms with Crippen LogP contribution in [0.2, 0.25) is 77.6 Å². The number of aliphatic hydroxyl groups is 3. The molecule has 4 unspecified atom stereocenters. The molecule has 40 heavy (non-hydrogen) atoms. The lowest BCUT2D eigenvalue weighted by Gasteiger charge is -2.44. The van der Waals surface area contributed by atoms with Crippen molar-refractivity contribution in [1.29, 1.82) is 0 Å². The Labute approximate surface area is 247 Å². The maximum Gasteiger partial charge on any atom is 0.317 e. The van der Waals surface area contributed by atoms with Gasteiger partial charge in [0.2, 0.25) is 0 Å². The van der Waals surface area contributed by atoms with E-state index in [4.69, 9.17) is 35.8 Å². The molecule has 3 N–H and O–H groups in total. The SMILES string of the molecule is CC(=O)OCC(O)COCCC[Si](C)(O[Si](C)(C)C)O[Si](C)(CCCOCC(O)CO)O[Si](C)(C)O[Si](C)(C)C. The Hall–Kier alpha value is 0.194. The Morgan fingerprint density at radius 1 is 0.650 bits per heavy atom. The van der Waals surface area contributed by atoms with Crippen molar-refractivity contribution < 1.29 is 50.8 Å². The Balaban J connectivity index is 5.52. The molecule has 0 rings (SSSR count). The van der Waals surface area contributed by atoms with Gasteiger partial charge in [-0.3, -0.25) is 4.79 Å². The molecule has 0 amide bonds. The van der Waals surface area contributed by atoms with Crippen LogP contribution in [0.5, 0.6) is 0 Å². The molecule has 0 aliphatic rings. The fourth-order valence-corrected chi connectivity index (χ4v) is 28.1. The fraction of sp³-hybridized carbons (Fsp3) is 0.958. The predicted molar refractivity (Wildman–Crippen MR) is 168 cm³/mol. The lowest BCUT2D eigenvalue weighted by Crippen LogP contribution is -2.60. The lowest BCUT2D eigenvalue weighted by molar-refractivity contribution is -0.145. The van der Waals surface area contributed by atoms with E-state index in [1.165, 1.54) is 6.92 Å². The van der Waals surface area contributed by atoms with Crippen LogP contribution in [-0.2, 0) is 35.5 Å². The molecule has 0 radical (unpaired) electrons. The molecule has 240 valence electrons. The zero-order valence-electron chi connectivity index (χ0n) is 26.8. The van der Waals surface area contributed by atoms with E-state index in [0.29, 0.717) is 38.1 Å². The van der Waals surface area contributed by atoms with E-state index in [-0.39, 0.29) is 26.4 Å². The topological polar surface area (TPSA) is 142 Å². The molecule has 16 heteroatoms. The van der Waals surface area contributed by atoms with E-state index in [2.05, 4.69) is 65.5 Å². The van der Waals surface area contributed by atoms with E-state index < -0.39 is 60.5 Å². The van der Waals surface area contributed by atoms with Crippen LogP contribution in [0.4, 0.5) is 0 Å². The van der Waals surface area contributed by atoms with Crippen LogP contribution in [0.25, 0.3) is 0 Å². The van der Waals surface area contributed by atoms with Crippen LogP contribution in [-0.4, -0.2) is 115 Å². The van der Waals surface area contributed by atoms with Crippen molar-refractivity contribution in [3.05, 3.63) is 0 Å². The van der Waals surface area contributed by atoms with Gasteiger partial charge in [0, 0.05) is 20.1 Å². The van der Waals surface area contributed by atoms with Crippen LogP contribution in [0, 0.1) is 0 Å². The van der Waals surface area contributed by atoms with E-state index in [1.807, 2.05) is 0 Å². The third-order valence-corrected chi connectivity index (χ3v) is 23.4. The quantitative estimate of drug-likeness (QED) is 0.0838. The molecule has 0 spiro atoms. The van der Waals surface area contributed by atoms with Crippen molar-refractivity contribution in [3.63, 3.8) is 0 Å². The van der Waals surface area contributed by atoms with Gasteiger partial charge in [0.25, 0.3) is 0 Å². The molecule has 0 fully saturated rings. The Kier molecular flexibility index (Phi) is 18.2. The van der Waals surface area contributed by atoms with Crippen molar-refractivity contribution in [3.8, 4) is 0 Å². The first-order valence-corrected chi connectivity index (χ1v) is 28.8. The molecule has 0 saturated carbocycles. The van der Waals surface area contributed by atoms with Crippen molar-refractivity contribution >= 4 is 48.3 Å². The minimum atomic E-state index is -2.82. The summed E-state index contributed by atoms with van der Waals surface area (Å²) >= 11 is 0. The van der Waals surface area contributed by atoms with Crippen LogP contribution in [0.3, 0.4) is 0 Å². The Morgan fingerprint density at radius 3 is 1.52 bits per heavy atom. The lowest BCUT2D eigenvalue weighted by atomic mass is 10.4. The zero-order valence-corrected chi connectivity index (χ0v) is 31.8. The summed E-state index contributed by atoms with van der Waals surface area (Å²) in [5.41, 5.74) is 0. The third kappa shape index (κ3) is 21.8. The molecule has 0 aromatic carbocycles. The monoisotopic (exact) mass is 662 g/mol. The highest BCUT2D eigenvalue weighted by molar-refractivity contribution is 6.90. The third-order valence-electron chi connectivity index (χ3n) is 5.12. The standard InChI is InChI=1S/C24H58O11Si5/c1-22(26)31-21-24(28)20-30-15-12-16-39(10,33-37(5,6)7)35-40(11,17-13-14-29-19-23(27)18-25)34-38(8,9)32-36(2,3)4/h23-25,27-28H,12-21H2,1-11H3. The Bertz CT molecular complexity index is 720. The van der Waals surface area contributed by atoms with Crippen molar-refractivity contribution in [2.75, 3.05) is 39.6 Å².